The molecular weight excluding hydrogens is 214 g/mol. The molecule has 0 N–H and O–H groups in total. The molecule has 2 heterocycles. The largest absolute Gasteiger partial charge is 0.274 e. The molecule has 2 aromatic rings. The van der Waals surface area contributed by atoms with Gasteiger partial charge in [0.1, 0.15) is 5.15 Å². The van der Waals surface area contributed by atoms with Crippen molar-refractivity contribution in [3.8, 4) is 11.1 Å². The van der Waals surface area contributed by atoms with E-state index in [0.29, 0.717) is 10.7 Å². The van der Waals surface area contributed by atoms with Crippen molar-refractivity contribution in [1.82, 2.24) is 14.8 Å². The summed E-state index contributed by atoms with van der Waals surface area (Å²) in [4.78, 5) is 15.6. The van der Waals surface area contributed by atoms with Gasteiger partial charge in [0.25, 0.3) is 5.56 Å². The fourth-order valence-electron chi connectivity index (χ4n) is 1.26. The Balaban J connectivity index is 2.59. The normalized spacial score (nSPS) is 10.3. The predicted octanol–water partition coefficient (Wildman–Crippen LogP) is 1.50. The molecule has 0 unspecified atom stereocenters. The number of aryl methyl sites for hydroxylation is 1. The second kappa shape index (κ2) is 3.82. The van der Waals surface area contributed by atoms with Gasteiger partial charge in [-0.15, -0.1) is 0 Å². The molecule has 2 rings (SSSR count). The minimum atomic E-state index is -0.151. The van der Waals surface area contributed by atoms with Gasteiger partial charge < -0.3 is 0 Å². The summed E-state index contributed by atoms with van der Waals surface area (Å²) in [5.41, 5.74) is 1.15. The van der Waals surface area contributed by atoms with Crippen LogP contribution >= 0.6 is 11.6 Å². The molecule has 15 heavy (non-hydrogen) atoms. The molecule has 5 heteroatoms. The van der Waals surface area contributed by atoms with E-state index in [1.807, 2.05) is 0 Å². The van der Waals surface area contributed by atoms with Crippen LogP contribution in [-0.4, -0.2) is 14.8 Å². The summed E-state index contributed by atoms with van der Waals surface area (Å²) in [6.45, 7) is 0. The maximum Gasteiger partial charge on any atom is 0.274 e. The Kier molecular flexibility index (Phi) is 2.51. The van der Waals surface area contributed by atoms with E-state index in [4.69, 9.17) is 11.6 Å². The Labute approximate surface area is 91.2 Å². The summed E-state index contributed by atoms with van der Waals surface area (Å²) in [5, 5.41) is 4.25. The molecule has 76 valence electrons. The Hall–Kier alpha value is -1.68. The SMILES string of the molecule is Cn1nccc(-c2ccc(Cl)nc2)c1=O. The zero-order valence-electron chi connectivity index (χ0n) is 8.01. The fraction of sp³-hybridized carbons (Fsp3) is 0.100. The van der Waals surface area contributed by atoms with Crippen LogP contribution in [0.5, 0.6) is 0 Å². The van der Waals surface area contributed by atoms with Crippen LogP contribution in [0.3, 0.4) is 0 Å². The van der Waals surface area contributed by atoms with Crippen molar-refractivity contribution < 1.29 is 0 Å². The fourth-order valence-corrected chi connectivity index (χ4v) is 1.37. The third kappa shape index (κ3) is 1.89. The van der Waals surface area contributed by atoms with E-state index in [-0.39, 0.29) is 5.56 Å². The molecule has 0 fully saturated rings. The zero-order chi connectivity index (χ0) is 10.8. The van der Waals surface area contributed by atoms with Crippen LogP contribution in [0.25, 0.3) is 11.1 Å². The molecule has 0 atom stereocenters. The van der Waals surface area contributed by atoms with Crippen LogP contribution in [0, 0.1) is 0 Å². The van der Waals surface area contributed by atoms with E-state index in [0.717, 1.165) is 5.56 Å². The Morgan fingerprint density at radius 3 is 2.80 bits per heavy atom. The molecule has 0 saturated carbocycles. The monoisotopic (exact) mass is 221 g/mol. The van der Waals surface area contributed by atoms with Gasteiger partial charge in [0.05, 0.1) is 5.56 Å². The molecule has 0 aliphatic rings. The number of pyridine rings is 1. The molecule has 0 aromatic carbocycles. The van der Waals surface area contributed by atoms with Gasteiger partial charge in [0.15, 0.2) is 0 Å². The second-order valence-corrected chi connectivity index (χ2v) is 3.43. The highest BCUT2D eigenvalue weighted by atomic mass is 35.5. The number of nitrogens with zero attached hydrogens (tertiary/aromatic N) is 3. The predicted molar refractivity (Wildman–Crippen MR) is 57.7 cm³/mol. The van der Waals surface area contributed by atoms with Gasteiger partial charge >= 0.3 is 0 Å². The average molecular weight is 222 g/mol. The summed E-state index contributed by atoms with van der Waals surface area (Å²) in [7, 11) is 1.61. The van der Waals surface area contributed by atoms with Gasteiger partial charge in [-0.3, -0.25) is 4.79 Å². The molecule has 0 bridgehead atoms. The highest BCUT2D eigenvalue weighted by molar-refractivity contribution is 6.29. The molecule has 0 aliphatic heterocycles. The van der Waals surface area contributed by atoms with Crippen molar-refractivity contribution in [2.24, 2.45) is 7.05 Å². The van der Waals surface area contributed by atoms with Crippen molar-refractivity contribution in [3.05, 3.63) is 46.1 Å². The van der Waals surface area contributed by atoms with Crippen molar-refractivity contribution in [2.75, 3.05) is 0 Å². The van der Waals surface area contributed by atoms with E-state index in [1.165, 1.54) is 4.68 Å². The number of aromatic nitrogens is 3. The summed E-state index contributed by atoms with van der Waals surface area (Å²) in [6, 6.07) is 5.07. The molecule has 0 aliphatic carbocycles. The van der Waals surface area contributed by atoms with Crippen molar-refractivity contribution in [3.63, 3.8) is 0 Å². The smallest absolute Gasteiger partial charge is 0.267 e. The lowest BCUT2D eigenvalue weighted by atomic mass is 10.1. The van der Waals surface area contributed by atoms with Gasteiger partial charge in [-0.05, 0) is 18.2 Å². The molecule has 0 amide bonds. The number of halogens is 1. The minimum Gasteiger partial charge on any atom is -0.267 e. The van der Waals surface area contributed by atoms with Crippen LogP contribution in [-0.2, 0) is 7.05 Å². The summed E-state index contributed by atoms with van der Waals surface area (Å²) < 4.78 is 1.28. The minimum absolute atomic E-state index is 0.151. The maximum absolute atomic E-state index is 11.7. The topological polar surface area (TPSA) is 47.8 Å². The van der Waals surface area contributed by atoms with E-state index in [9.17, 15) is 4.79 Å². The highest BCUT2D eigenvalue weighted by Crippen LogP contribution is 2.14. The van der Waals surface area contributed by atoms with Gasteiger partial charge in [-0.1, -0.05) is 11.6 Å². The lowest BCUT2D eigenvalue weighted by Gasteiger charge is -2.01. The molecule has 2 aromatic heterocycles. The second-order valence-electron chi connectivity index (χ2n) is 3.04. The van der Waals surface area contributed by atoms with Crippen molar-refractivity contribution >= 4 is 11.6 Å². The third-order valence-corrected chi connectivity index (χ3v) is 2.27. The summed E-state index contributed by atoms with van der Waals surface area (Å²) in [5.74, 6) is 0. The number of rotatable bonds is 1. The molecule has 4 nitrogen and oxygen atoms in total. The summed E-state index contributed by atoms with van der Waals surface area (Å²) >= 11 is 5.66. The average Bonchev–Trinajstić information content (AvgIpc) is 2.24. The molecular formula is C10H8ClN3O. The first-order chi connectivity index (χ1) is 7.18. The van der Waals surface area contributed by atoms with Gasteiger partial charge in [0.2, 0.25) is 0 Å². The maximum atomic E-state index is 11.7. The molecule has 0 radical (unpaired) electrons. The van der Waals surface area contributed by atoms with Crippen LogP contribution < -0.4 is 5.56 Å². The number of hydrogen-bond acceptors (Lipinski definition) is 3. The lowest BCUT2D eigenvalue weighted by molar-refractivity contribution is 0.709. The summed E-state index contributed by atoms with van der Waals surface area (Å²) in [6.07, 6.45) is 3.14. The lowest BCUT2D eigenvalue weighted by Crippen LogP contribution is -2.20. The van der Waals surface area contributed by atoms with Crippen LogP contribution in [0.4, 0.5) is 0 Å². The van der Waals surface area contributed by atoms with E-state index in [1.54, 1.807) is 37.6 Å². The quantitative estimate of drug-likeness (QED) is 0.686. The Morgan fingerprint density at radius 1 is 1.33 bits per heavy atom. The van der Waals surface area contributed by atoms with Crippen molar-refractivity contribution in [2.45, 2.75) is 0 Å². The Morgan fingerprint density at radius 2 is 2.13 bits per heavy atom. The van der Waals surface area contributed by atoms with Gasteiger partial charge in [-0.25, -0.2) is 9.67 Å². The van der Waals surface area contributed by atoms with Crippen LogP contribution in [0.1, 0.15) is 0 Å². The molecule has 0 spiro atoms. The van der Waals surface area contributed by atoms with Gasteiger partial charge in [-0.2, -0.15) is 5.10 Å². The van der Waals surface area contributed by atoms with E-state index >= 15 is 0 Å². The zero-order valence-corrected chi connectivity index (χ0v) is 8.77. The first-order valence-electron chi connectivity index (χ1n) is 4.33. The van der Waals surface area contributed by atoms with Crippen LogP contribution in [0.2, 0.25) is 5.15 Å². The van der Waals surface area contributed by atoms with Gasteiger partial charge in [0, 0.05) is 25.0 Å². The standard InChI is InChI=1S/C10H8ClN3O/c1-14-10(15)8(4-5-13-14)7-2-3-9(11)12-6-7/h2-6H,1H3. The van der Waals surface area contributed by atoms with Crippen molar-refractivity contribution in [1.29, 1.82) is 0 Å². The van der Waals surface area contributed by atoms with Crippen LogP contribution in [0.15, 0.2) is 35.4 Å². The van der Waals surface area contributed by atoms with E-state index in [2.05, 4.69) is 10.1 Å². The Bertz CT molecular complexity index is 533. The van der Waals surface area contributed by atoms with E-state index < -0.39 is 0 Å². The number of hydrogen-bond donors (Lipinski definition) is 0. The first kappa shape index (κ1) is 9.86. The highest BCUT2D eigenvalue weighted by Gasteiger charge is 2.04. The first-order valence-corrected chi connectivity index (χ1v) is 4.70. The third-order valence-electron chi connectivity index (χ3n) is 2.04. The molecule has 0 saturated heterocycles.